The lowest BCUT2D eigenvalue weighted by Crippen LogP contribution is -2.63. The van der Waals surface area contributed by atoms with Crippen molar-refractivity contribution in [3.8, 4) is 5.75 Å². The van der Waals surface area contributed by atoms with Crippen LogP contribution in [0.15, 0.2) is 18.2 Å². The number of amides is 3. The Hall–Kier alpha value is -2.85. The highest BCUT2D eigenvalue weighted by atomic mass is 16.5. The van der Waals surface area contributed by atoms with Crippen molar-refractivity contribution in [1.82, 2.24) is 26.0 Å². The van der Waals surface area contributed by atoms with Crippen molar-refractivity contribution in [2.24, 2.45) is 11.8 Å². The van der Waals surface area contributed by atoms with Crippen molar-refractivity contribution >= 4 is 23.4 Å². The van der Waals surface area contributed by atoms with Gasteiger partial charge in [-0.1, -0.05) is 0 Å². The van der Waals surface area contributed by atoms with Gasteiger partial charge in [0.1, 0.15) is 5.75 Å². The first kappa shape index (κ1) is 21.0. The van der Waals surface area contributed by atoms with Crippen LogP contribution in [-0.2, 0) is 9.59 Å². The zero-order valence-corrected chi connectivity index (χ0v) is 18.4. The number of ether oxygens (including phenoxy) is 1. The molecule has 0 spiro atoms. The molecular formula is C22H30N6O4. The van der Waals surface area contributed by atoms with E-state index in [2.05, 4.69) is 21.4 Å². The van der Waals surface area contributed by atoms with Crippen LogP contribution in [0.4, 0.5) is 5.69 Å². The first-order valence-electron chi connectivity index (χ1n) is 11.3. The first-order valence-corrected chi connectivity index (χ1v) is 11.3. The molecule has 4 unspecified atom stereocenters. The first-order chi connectivity index (χ1) is 15.4. The Labute approximate surface area is 187 Å². The summed E-state index contributed by atoms with van der Waals surface area (Å²) in [6, 6.07) is 5.13. The minimum Gasteiger partial charge on any atom is -0.495 e. The summed E-state index contributed by atoms with van der Waals surface area (Å²) in [5, 5.41) is 11.4. The average molecular weight is 443 g/mol. The van der Waals surface area contributed by atoms with Crippen molar-refractivity contribution in [1.29, 1.82) is 0 Å². The summed E-state index contributed by atoms with van der Waals surface area (Å²) in [5.74, 6) is 0.360. The SMILES string of the molecule is COc1cc(C(=O)N2CCC2)ccc1NC1CC(NC(=O)C2CC2)NC2NN(C)C(=O)C12. The number of anilines is 1. The minimum atomic E-state index is -0.346. The Morgan fingerprint density at radius 3 is 2.66 bits per heavy atom. The molecule has 4 N–H and O–H groups in total. The molecule has 3 saturated heterocycles. The number of hydrazine groups is 1. The van der Waals surface area contributed by atoms with Crippen LogP contribution in [0.3, 0.4) is 0 Å². The normalized spacial score (nSPS) is 29.2. The number of piperidine rings is 1. The van der Waals surface area contributed by atoms with E-state index in [0.29, 0.717) is 23.4 Å². The predicted octanol–water partition coefficient (Wildman–Crippen LogP) is 0.0861. The number of nitrogens with zero attached hydrogens (tertiary/aromatic N) is 2. The van der Waals surface area contributed by atoms with Crippen molar-refractivity contribution in [2.45, 2.75) is 44.1 Å². The van der Waals surface area contributed by atoms with Gasteiger partial charge in [0.15, 0.2) is 0 Å². The average Bonchev–Trinajstić information content (AvgIpc) is 3.53. The van der Waals surface area contributed by atoms with Gasteiger partial charge < -0.3 is 20.3 Å². The molecule has 1 aliphatic carbocycles. The fraction of sp³-hybridized carbons (Fsp3) is 0.591. The third kappa shape index (κ3) is 3.88. The maximum Gasteiger partial charge on any atom is 0.253 e. The quantitative estimate of drug-likeness (QED) is 0.494. The molecule has 5 rings (SSSR count). The Morgan fingerprint density at radius 2 is 2.00 bits per heavy atom. The predicted molar refractivity (Wildman–Crippen MR) is 117 cm³/mol. The van der Waals surface area contributed by atoms with Gasteiger partial charge in [-0.3, -0.25) is 24.7 Å². The van der Waals surface area contributed by atoms with Crippen molar-refractivity contribution < 1.29 is 19.1 Å². The molecule has 0 bridgehead atoms. The molecule has 10 nitrogen and oxygen atoms in total. The zero-order chi connectivity index (χ0) is 22.4. The van der Waals surface area contributed by atoms with Gasteiger partial charge in [0.25, 0.3) is 5.91 Å². The maximum absolute atomic E-state index is 12.8. The van der Waals surface area contributed by atoms with Gasteiger partial charge in [-0.05, 0) is 37.5 Å². The van der Waals surface area contributed by atoms with E-state index in [1.165, 1.54) is 5.01 Å². The minimum absolute atomic E-state index is 0.00248. The summed E-state index contributed by atoms with van der Waals surface area (Å²) in [5.41, 5.74) is 4.45. The van der Waals surface area contributed by atoms with E-state index in [9.17, 15) is 14.4 Å². The second-order valence-corrected chi connectivity index (χ2v) is 9.08. The third-order valence-electron chi connectivity index (χ3n) is 6.81. The number of fused-ring (bicyclic) bond motifs is 1. The smallest absolute Gasteiger partial charge is 0.253 e. The number of rotatable bonds is 6. The van der Waals surface area contributed by atoms with Crippen LogP contribution in [0.2, 0.25) is 0 Å². The van der Waals surface area contributed by atoms with Crippen LogP contribution in [0.5, 0.6) is 5.75 Å². The third-order valence-corrected chi connectivity index (χ3v) is 6.81. The zero-order valence-electron chi connectivity index (χ0n) is 18.4. The second-order valence-electron chi connectivity index (χ2n) is 9.08. The Kier molecular flexibility index (Phi) is 5.42. The Balaban J connectivity index is 1.35. The van der Waals surface area contributed by atoms with E-state index >= 15 is 0 Å². The van der Waals surface area contributed by atoms with Crippen LogP contribution in [0.1, 0.15) is 36.0 Å². The lowest BCUT2D eigenvalue weighted by atomic mass is 9.88. The molecule has 4 aliphatic rings. The van der Waals surface area contributed by atoms with Crippen LogP contribution in [0, 0.1) is 11.8 Å². The maximum atomic E-state index is 12.8. The highest BCUT2D eigenvalue weighted by Gasteiger charge is 2.49. The molecule has 172 valence electrons. The van der Waals surface area contributed by atoms with Gasteiger partial charge >= 0.3 is 0 Å². The molecule has 3 amide bonds. The molecule has 10 heteroatoms. The van der Waals surface area contributed by atoms with E-state index in [1.807, 2.05) is 11.0 Å². The van der Waals surface area contributed by atoms with E-state index < -0.39 is 0 Å². The summed E-state index contributed by atoms with van der Waals surface area (Å²) in [7, 11) is 3.27. The second kappa shape index (κ2) is 8.25. The molecule has 1 aromatic rings. The number of likely N-dealkylation sites (tertiary alicyclic amines) is 1. The highest BCUT2D eigenvalue weighted by Crippen LogP contribution is 2.34. The summed E-state index contributed by atoms with van der Waals surface area (Å²) < 4.78 is 5.57. The van der Waals surface area contributed by atoms with Crippen LogP contribution < -0.4 is 26.1 Å². The highest BCUT2D eigenvalue weighted by molar-refractivity contribution is 5.95. The molecule has 0 radical (unpaired) electrons. The van der Waals surface area contributed by atoms with Gasteiger partial charge in [-0.15, -0.1) is 0 Å². The number of benzene rings is 1. The molecule has 4 fully saturated rings. The fourth-order valence-electron chi connectivity index (χ4n) is 4.68. The van der Waals surface area contributed by atoms with Crippen LogP contribution in [0.25, 0.3) is 0 Å². The van der Waals surface area contributed by atoms with E-state index in [4.69, 9.17) is 4.74 Å². The summed E-state index contributed by atoms with van der Waals surface area (Å²) in [6.45, 7) is 1.58. The van der Waals surface area contributed by atoms with Gasteiger partial charge in [-0.25, -0.2) is 5.43 Å². The summed E-state index contributed by atoms with van der Waals surface area (Å²) >= 11 is 0. The molecule has 32 heavy (non-hydrogen) atoms. The van der Waals surface area contributed by atoms with Crippen LogP contribution >= 0.6 is 0 Å². The summed E-state index contributed by atoms with van der Waals surface area (Å²) in [6.07, 6.45) is 2.90. The van der Waals surface area contributed by atoms with E-state index in [-0.39, 0.29) is 47.9 Å². The van der Waals surface area contributed by atoms with Crippen LogP contribution in [-0.4, -0.2) is 73.3 Å². The topological polar surface area (TPSA) is 115 Å². The monoisotopic (exact) mass is 442 g/mol. The molecule has 4 atom stereocenters. The lowest BCUT2D eigenvalue weighted by molar-refractivity contribution is -0.131. The van der Waals surface area contributed by atoms with Gasteiger partial charge in [0.05, 0.1) is 31.0 Å². The van der Waals surface area contributed by atoms with E-state index in [0.717, 1.165) is 32.4 Å². The fourth-order valence-corrected chi connectivity index (χ4v) is 4.68. The Morgan fingerprint density at radius 1 is 1.22 bits per heavy atom. The molecule has 3 heterocycles. The lowest BCUT2D eigenvalue weighted by Gasteiger charge is -2.38. The molecule has 1 aromatic carbocycles. The number of methoxy groups -OCH3 is 1. The molecule has 1 saturated carbocycles. The Bertz CT molecular complexity index is 931. The number of hydrogen-bond acceptors (Lipinski definition) is 7. The van der Waals surface area contributed by atoms with Gasteiger partial charge in [0, 0.05) is 44.1 Å². The van der Waals surface area contributed by atoms with Gasteiger partial charge in [-0.2, -0.15) is 0 Å². The van der Waals surface area contributed by atoms with Crippen molar-refractivity contribution in [3.05, 3.63) is 23.8 Å². The van der Waals surface area contributed by atoms with Crippen molar-refractivity contribution in [3.63, 3.8) is 0 Å². The number of carbonyl (C=O) groups is 3. The van der Waals surface area contributed by atoms with Gasteiger partial charge in [0.2, 0.25) is 11.8 Å². The molecule has 3 aliphatic heterocycles. The number of nitrogens with one attached hydrogen (secondary N) is 4. The number of hydrogen-bond donors (Lipinski definition) is 4. The van der Waals surface area contributed by atoms with Crippen molar-refractivity contribution in [2.75, 3.05) is 32.6 Å². The summed E-state index contributed by atoms with van der Waals surface area (Å²) in [4.78, 5) is 39.5. The number of carbonyl (C=O) groups excluding carboxylic acids is 3. The van der Waals surface area contributed by atoms with E-state index in [1.54, 1.807) is 26.3 Å². The molecule has 0 aromatic heterocycles. The standard InChI is InChI=1S/C22H30N6O4/c1-27-22(31)18-15(11-17(24-19(18)26-27)25-20(29)12-4-5-12)23-14-7-6-13(10-16(14)32-2)21(30)28-8-3-9-28/h6-7,10,12,15,17-19,23-24,26H,3-5,8-9,11H2,1-2H3,(H,25,29). The largest absolute Gasteiger partial charge is 0.495 e. The molecular weight excluding hydrogens is 412 g/mol.